The molecule has 1 fully saturated rings. The van der Waals surface area contributed by atoms with E-state index in [4.69, 9.17) is 0 Å². The van der Waals surface area contributed by atoms with Gasteiger partial charge in [0.25, 0.3) is 0 Å². The second kappa shape index (κ2) is 10.6. The van der Waals surface area contributed by atoms with Crippen LogP contribution in [0, 0.1) is 24.7 Å². The molecule has 1 saturated carbocycles. The third-order valence-corrected chi connectivity index (χ3v) is 6.64. The van der Waals surface area contributed by atoms with Crippen molar-refractivity contribution in [3.05, 3.63) is 59.2 Å². The van der Waals surface area contributed by atoms with E-state index in [2.05, 4.69) is 56.3 Å². The molecule has 0 heterocycles. The number of hydrogen-bond acceptors (Lipinski definition) is 3. The highest BCUT2D eigenvalue weighted by atomic mass is 16.3. The first-order chi connectivity index (χ1) is 13.9. The van der Waals surface area contributed by atoms with E-state index in [-0.39, 0.29) is 12.0 Å². The summed E-state index contributed by atoms with van der Waals surface area (Å²) in [5.41, 5.74) is 3.97. The van der Waals surface area contributed by atoms with E-state index >= 15 is 0 Å². The van der Waals surface area contributed by atoms with Gasteiger partial charge in [-0.15, -0.1) is 0 Å². The fraction of sp³-hybridized carbons (Fsp3) is 0.615. The summed E-state index contributed by atoms with van der Waals surface area (Å²) in [6, 6.07) is 8.31. The Bertz CT molecular complexity index is 708. The third kappa shape index (κ3) is 6.53. The normalized spacial score (nSPS) is 27.6. The van der Waals surface area contributed by atoms with E-state index in [1.807, 2.05) is 12.1 Å². The Morgan fingerprint density at radius 1 is 1.21 bits per heavy atom. The molecule has 2 aliphatic rings. The molecule has 0 radical (unpaired) electrons. The summed E-state index contributed by atoms with van der Waals surface area (Å²) in [6.07, 6.45) is 13.4. The first-order valence-corrected chi connectivity index (χ1v) is 11.4. The summed E-state index contributed by atoms with van der Waals surface area (Å²) in [5, 5.41) is 21.0. The zero-order valence-corrected chi connectivity index (χ0v) is 18.4. The van der Waals surface area contributed by atoms with Gasteiger partial charge in [0, 0.05) is 12.3 Å². The Morgan fingerprint density at radius 3 is 2.79 bits per heavy atom. The van der Waals surface area contributed by atoms with E-state index in [9.17, 15) is 10.2 Å². The van der Waals surface area contributed by atoms with Gasteiger partial charge in [-0.3, -0.25) is 0 Å². The average Bonchev–Trinajstić information content (AvgIpc) is 3.16. The number of nitrogens with zero attached hydrogens (tertiary/aromatic N) is 1. The van der Waals surface area contributed by atoms with Crippen molar-refractivity contribution < 1.29 is 10.2 Å². The summed E-state index contributed by atoms with van der Waals surface area (Å²) < 4.78 is 0. The maximum absolute atomic E-state index is 10.6. The quantitative estimate of drug-likeness (QED) is 0.451. The molecule has 3 nitrogen and oxygen atoms in total. The number of rotatable bonds is 10. The number of aryl methyl sites for hydroxylation is 1. The van der Waals surface area contributed by atoms with E-state index in [1.54, 1.807) is 5.57 Å². The zero-order chi connectivity index (χ0) is 20.8. The van der Waals surface area contributed by atoms with Gasteiger partial charge in [0.05, 0.1) is 12.2 Å². The van der Waals surface area contributed by atoms with Gasteiger partial charge >= 0.3 is 0 Å². The second-order valence-electron chi connectivity index (χ2n) is 9.50. The Balaban J connectivity index is 1.47. The van der Waals surface area contributed by atoms with Crippen molar-refractivity contribution in [1.82, 2.24) is 4.90 Å². The number of aliphatic hydroxyl groups is 2. The van der Waals surface area contributed by atoms with Crippen LogP contribution in [0.25, 0.3) is 0 Å². The molecule has 1 aromatic carbocycles. The molecular weight excluding hydrogens is 358 g/mol. The number of allylic oxidation sites excluding steroid dienone is 2. The molecule has 0 aliphatic heterocycles. The van der Waals surface area contributed by atoms with Gasteiger partial charge in [-0.25, -0.2) is 0 Å². The highest BCUT2D eigenvalue weighted by Crippen LogP contribution is 2.48. The molecule has 3 rings (SSSR count). The van der Waals surface area contributed by atoms with Gasteiger partial charge in [0.15, 0.2) is 0 Å². The topological polar surface area (TPSA) is 43.7 Å². The van der Waals surface area contributed by atoms with Crippen LogP contribution >= 0.6 is 0 Å². The minimum atomic E-state index is -0.492. The molecular formula is C26H39NO2. The highest BCUT2D eigenvalue weighted by molar-refractivity contribution is 5.24. The highest BCUT2D eigenvalue weighted by Gasteiger charge is 2.43. The molecule has 0 spiro atoms. The van der Waals surface area contributed by atoms with Crippen LogP contribution in [0.1, 0.15) is 49.7 Å². The fourth-order valence-electron chi connectivity index (χ4n) is 5.15. The predicted molar refractivity (Wildman–Crippen MR) is 121 cm³/mol. The molecule has 0 aromatic heterocycles. The van der Waals surface area contributed by atoms with Gasteiger partial charge < -0.3 is 15.1 Å². The van der Waals surface area contributed by atoms with E-state index in [0.717, 1.165) is 18.4 Å². The molecule has 0 amide bonds. The maximum Gasteiger partial charge on any atom is 0.0761 e. The second-order valence-corrected chi connectivity index (χ2v) is 9.50. The lowest BCUT2D eigenvalue weighted by molar-refractivity contribution is 0.140. The Hall–Kier alpha value is -1.42. The number of hydrogen-bond donors (Lipinski definition) is 2. The van der Waals surface area contributed by atoms with Crippen molar-refractivity contribution in [2.24, 2.45) is 17.8 Å². The van der Waals surface area contributed by atoms with E-state index in [1.165, 1.54) is 37.8 Å². The SMILES string of the molecule is Cc1cccc(CC(O)/C=C/C2C(O)CC3C=C(CCCCCN(C)C)CC32)c1. The van der Waals surface area contributed by atoms with Gasteiger partial charge in [-0.2, -0.15) is 0 Å². The minimum Gasteiger partial charge on any atom is -0.392 e. The van der Waals surface area contributed by atoms with Crippen molar-refractivity contribution in [3.63, 3.8) is 0 Å². The average molecular weight is 398 g/mol. The Morgan fingerprint density at radius 2 is 2.03 bits per heavy atom. The number of unbranched alkanes of at least 4 members (excludes halogenated alkanes) is 2. The van der Waals surface area contributed by atoms with Crippen LogP contribution in [0.15, 0.2) is 48.1 Å². The zero-order valence-electron chi connectivity index (χ0n) is 18.4. The molecule has 2 aliphatic carbocycles. The first kappa shape index (κ1) is 22.3. The largest absolute Gasteiger partial charge is 0.392 e. The fourth-order valence-corrected chi connectivity index (χ4v) is 5.15. The standard InChI is InChI=1S/C26H39NO2/c1-19-8-7-10-20(14-19)16-23(28)11-12-24-25-17-21(15-22(25)18-26(24)29)9-5-4-6-13-27(2)3/h7-8,10-12,14-15,22-26,28-29H,4-6,9,13,16-18H2,1-3H3/b12-11+. The lowest BCUT2D eigenvalue weighted by atomic mass is 9.88. The third-order valence-electron chi connectivity index (χ3n) is 6.64. The maximum atomic E-state index is 10.6. The van der Waals surface area contributed by atoms with Crippen molar-refractivity contribution in [1.29, 1.82) is 0 Å². The molecule has 160 valence electrons. The van der Waals surface area contributed by atoms with Crippen LogP contribution in [0.5, 0.6) is 0 Å². The lowest BCUT2D eigenvalue weighted by Crippen LogP contribution is -2.18. The number of benzene rings is 1. The van der Waals surface area contributed by atoms with Gasteiger partial charge in [-0.1, -0.05) is 60.1 Å². The molecule has 0 saturated heterocycles. The molecule has 1 aromatic rings. The summed E-state index contributed by atoms with van der Waals surface area (Å²) in [6.45, 7) is 3.25. The molecule has 5 unspecified atom stereocenters. The number of aliphatic hydroxyl groups excluding tert-OH is 2. The first-order valence-electron chi connectivity index (χ1n) is 11.4. The Labute approximate surface area is 177 Å². The van der Waals surface area contributed by atoms with Crippen LogP contribution in [0.2, 0.25) is 0 Å². The number of fused-ring (bicyclic) bond motifs is 1. The molecule has 0 bridgehead atoms. The summed E-state index contributed by atoms with van der Waals surface area (Å²) >= 11 is 0. The molecule has 3 heteroatoms. The van der Waals surface area contributed by atoms with Crippen LogP contribution in [0.4, 0.5) is 0 Å². The van der Waals surface area contributed by atoms with Crippen LogP contribution in [-0.4, -0.2) is 48.0 Å². The van der Waals surface area contributed by atoms with Crippen LogP contribution in [0.3, 0.4) is 0 Å². The molecule has 5 atom stereocenters. The molecule has 29 heavy (non-hydrogen) atoms. The van der Waals surface area contributed by atoms with E-state index < -0.39 is 6.10 Å². The van der Waals surface area contributed by atoms with Crippen LogP contribution < -0.4 is 0 Å². The smallest absolute Gasteiger partial charge is 0.0761 e. The predicted octanol–water partition coefficient (Wildman–Crippen LogP) is 4.52. The van der Waals surface area contributed by atoms with E-state index in [0.29, 0.717) is 18.3 Å². The summed E-state index contributed by atoms with van der Waals surface area (Å²) in [5.74, 6) is 1.21. The minimum absolute atomic E-state index is 0.176. The van der Waals surface area contributed by atoms with Gasteiger partial charge in [-0.05, 0) is 77.1 Å². The summed E-state index contributed by atoms with van der Waals surface area (Å²) in [7, 11) is 4.27. The Kier molecular flexibility index (Phi) is 8.11. The van der Waals surface area contributed by atoms with Crippen molar-refractivity contribution in [3.8, 4) is 0 Å². The van der Waals surface area contributed by atoms with Crippen LogP contribution in [-0.2, 0) is 6.42 Å². The van der Waals surface area contributed by atoms with Gasteiger partial charge in [0.1, 0.15) is 0 Å². The summed E-state index contributed by atoms with van der Waals surface area (Å²) in [4.78, 5) is 2.25. The van der Waals surface area contributed by atoms with Crippen molar-refractivity contribution in [2.45, 2.75) is 64.1 Å². The molecule has 2 N–H and O–H groups in total. The lowest BCUT2D eigenvalue weighted by Gasteiger charge is -2.19. The van der Waals surface area contributed by atoms with Gasteiger partial charge in [0.2, 0.25) is 0 Å². The monoisotopic (exact) mass is 397 g/mol. The van der Waals surface area contributed by atoms with Crippen molar-refractivity contribution in [2.75, 3.05) is 20.6 Å². The van der Waals surface area contributed by atoms with Crippen molar-refractivity contribution >= 4 is 0 Å².